The molecule has 158 valence electrons. The van der Waals surface area contributed by atoms with E-state index in [4.69, 9.17) is 14.5 Å². The molecule has 0 aliphatic carbocycles. The fourth-order valence-electron chi connectivity index (χ4n) is 3.33. The van der Waals surface area contributed by atoms with Gasteiger partial charge in [-0.25, -0.2) is 0 Å². The first-order valence-corrected chi connectivity index (χ1v) is 11.6. The number of guanidine groups is 1. The molecule has 1 aliphatic heterocycles. The first-order valence-electron chi connectivity index (χ1n) is 10.3. The maximum atomic E-state index is 5.67. The Morgan fingerprint density at radius 3 is 2.43 bits per heavy atom. The van der Waals surface area contributed by atoms with Crippen LogP contribution in [0.25, 0.3) is 0 Å². The Kier molecular flexibility index (Phi) is 8.96. The van der Waals surface area contributed by atoms with E-state index in [0.29, 0.717) is 6.61 Å². The van der Waals surface area contributed by atoms with Crippen molar-refractivity contribution in [2.75, 3.05) is 45.7 Å². The number of nitrogens with one attached hydrogen (secondary N) is 2. The molecule has 5 nitrogen and oxygen atoms in total. The number of aliphatic imine (C=N–C) groups is 1. The van der Waals surface area contributed by atoms with Gasteiger partial charge in [-0.1, -0.05) is 12.1 Å². The number of hydrogen-bond donors (Lipinski definition) is 2. The van der Waals surface area contributed by atoms with Crippen molar-refractivity contribution in [2.24, 2.45) is 4.99 Å². The van der Waals surface area contributed by atoms with Crippen LogP contribution < -0.4 is 15.4 Å². The Morgan fingerprint density at radius 1 is 1.18 bits per heavy atom. The van der Waals surface area contributed by atoms with Gasteiger partial charge in [-0.15, -0.1) is 0 Å². The molecule has 6 heteroatoms. The Morgan fingerprint density at radius 2 is 1.86 bits per heavy atom. The minimum absolute atomic E-state index is 0.0498. The van der Waals surface area contributed by atoms with Gasteiger partial charge in [-0.05, 0) is 64.5 Å². The Bertz CT molecular complexity index is 611. The largest absolute Gasteiger partial charge is 0.494 e. The smallest absolute Gasteiger partial charge is 0.191 e. The van der Waals surface area contributed by atoms with Crippen molar-refractivity contribution in [2.45, 2.75) is 50.7 Å². The highest BCUT2D eigenvalue weighted by Gasteiger charge is 2.34. The van der Waals surface area contributed by atoms with Crippen LogP contribution in [0.3, 0.4) is 0 Å². The summed E-state index contributed by atoms with van der Waals surface area (Å²) in [7, 11) is 0. The van der Waals surface area contributed by atoms with Crippen LogP contribution in [-0.2, 0) is 10.2 Å². The van der Waals surface area contributed by atoms with E-state index in [9.17, 15) is 0 Å². The molecule has 1 fully saturated rings. The molecule has 0 saturated carbocycles. The predicted octanol–water partition coefficient (Wildman–Crippen LogP) is 3.83. The van der Waals surface area contributed by atoms with Gasteiger partial charge in [0.2, 0.25) is 0 Å². The van der Waals surface area contributed by atoms with Gasteiger partial charge in [0.05, 0.1) is 13.2 Å². The van der Waals surface area contributed by atoms with Crippen LogP contribution in [0, 0.1) is 0 Å². The van der Waals surface area contributed by atoms with E-state index in [2.05, 4.69) is 61.9 Å². The Labute approximate surface area is 175 Å². The second-order valence-corrected chi connectivity index (χ2v) is 9.38. The number of benzene rings is 1. The highest BCUT2D eigenvalue weighted by molar-refractivity contribution is 7.99. The lowest BCUT2D eigenvalue weighted by Crippen LogP contribution is -2.48. The SMILES string of the molecule is CCNC(=NCC(C)(C)SC)NCC1(c2ccc(OCC)cc2)CCOCC1. The van der Waals surface area contributed by atoms with Crippen LogP contribution in [0.1, 0.15) is 46.1 Å². The lowest BCUT2D eigenvalue weighted by molar-refractivity contribution is 0.0513. The average molecular weight is 408 g/mol. The zero-order valence-corrected chi connectivity index (χ0v) is 19.0. The predicted molar refractivity (Wildman–Crippen MR) is 121 cm³/mol. The number of nitrogens with zero attached hydrogens (tertiary/aromatic N) is 1. The third-order valence-corrected chi connectivity index (χ3v) is 6.57. The minimum Gasteiger partial charge on any atom is -0.494 e. The van der Waals surface area contributed by atoms with Crippen LogP contribution in [0.5, 0.6) is 5.75 Å². The standard InChI is InChI=1S/C22H37N3O2S/c1-6-23-20(24-16-21(3,4)28-5)25-17-22(12-14-26-15-13-22)18-8-10-19(11-9-18)27-7-2/h8-11H,6-7,12-17H2,1-5H3,(H2,23,24,25). The maximum absolute atomic E-state index is 5.67. The van der Waals surface area contributed by atoms with Crippen molar-refractivity contribution >= 4 is 17.7 Å². The summed E-state index contributed by atoms with van der Waals surface area (Å²) in [4.78, 5) is 4.83. The van der Waals surface area contributed by atoms with Gasteiger partial charge in [0.1, 0.15) is 5.75 Å². The molecule has 0 aromatic heterocycles. The van der Waals surface area contributed by atoms with E-state index in [0.717, 1.165) is 57.4 Å². The molecular formula is C22H37N3O2S. The van der Waals surface area contributed by atoms with E-state index in [1.165, 1.54) is 5.56 Å². The summed E-state index contributed by atoms with van der Waals surface area (Å²) in [5.74, 6) is 1.82. The topological polar surface area (TPSA) is 54.9 Å². The third-order valence-electron chi connectivity index (χ3n) is 5.34. The summed E-state index contributed by atoms with van der Waals surface area (Å²) in [5.41, 5.74) is 1.39. The van der Waals surface area contributed by atoms with Crippen molar-refractivity contribution in [1.82, 2.24) is 10.6 Å². The molecule has 2 rings (SSSR count). The molecule has 1 saturated heterocycles. The van der Waals surface area contributed by atoms with Crippen molar-refractivity contribution in [1.29, 1.82) is 0 Å². The molecule has 1 aromatic carbocycles. The zero-order valence-electron chi connectivity index (χ0n) is 18.1. The molecule has 0 radical (unpaired) electrons. The average Bonchev–Trinajstić information content (AvgIpc) is 2.71. The van der Waals surface area contributed by atoms with Gasteiger partial charge in [0.25, 0.3) is 0 Å². The molecule has 2 N–H and O–H groups in total. The molecule has 1 heterocycles. The van der Waals surface area contributed by atoms with E-state index in [-0.39, 0.29) is 10.2 Å². The van der Waals surface area contributed by atoms with Crippen molar-refractivity contribution in [3.05, 3.63) is 29.8 Å². The maximum Gasteiger partial charge on any atom is 0.191 e. The summed E-state index contributed by atoms with van der Waals surface area (Å²) < 4.78 is 11.4. The molecule has 0 spiro atoms. The van der Waals surface area contributed by atoms with Crippen LogP contribution in [0.15, 0.2) is 29.3 Å². The van der Waals surface area contributed by atoms with E-state index < -0.39 is 0 Å². The summed E-state index contributed by atoms with van der Waals surface area (Å²) in [5, 5.41) is 7.00. The zero-order chi connectivity index (χ0) is 20.5. The highest BCUT2D eigenvalue weighted by Crippen LogP contribution is 2.35. The molecule has 1 aromatic rings. The first kappa shape index (κ1) is 22.9. The fraction of sp³-hybridized carbons (Fsp3) is 0.682. The summed E-state index contributed by atoms with van der Waals surface area (Å²) >= 11 is 1.84. The van der Waals surface area contributed by atoms with Gasteiger partial charge in [0.15, 0.2) is 5.96 Å². The van der Waals surface area contributed by atoms with Crippen LogP contribution in [-0.4, -0.2) is 56.4 Å². The molecule has 0 bridgehead atoms. The van der Waals surface area contributed by atoms with E-state index in [1.807, 2.05) is 18.7 Å². The lowest BCUT2D eigenvalue weighted by Gasteiger charge is -2.38. The second-order valence-electron chi connectivity index (χ2n) is 7.86. The number of thioether (sulfide) groups is 1. The van der Waals surface area contributed by atoms with Crippen molar-refractivity contribution < 1.29 is 9.47 Å². The van der Waals surface area contributed by atoms with E-state index in [1.54, 1.807) is 0 Å². The van der Waals surface area contributed by atoms with Crippen molar-refractivity contribution in [3.63, 3.8) is 0 Å². The van der Waals surface area contributed by atoms with Gasteiger partial charge >= 0.3 is 0 Å². The Balaban J connectivity index is 2.14. The first-order chi connectivity index (χ1) is 13.4. The molecule has 28 heavy (non-hydrogen) atoms. The van der Waals surface area contributed by atoms with Crippen LogP contribution in [0.2, 0.25) is 0 Å². The molecule has 0 unspecified atom stereocenters. The second kappa shape index (κ2) is 11.0. The van der Waals surface area contributed by atoms with Gasteiger partial charge < -0.3 is 20.1 Å². The number of rotatable bonds is 9. The lowest BCUT2D eigenvalue weighted by atomic mass is 9.74. The highest BCUT2D eigenvalue weighted by atomic mass is 32.2. The normalized spacial score (nSPS) is 17.2. The summed E-state index contributed by atoms with van der Waals surface area (Å²) in [6.45, 7) is 13.3. The van der Waals surface area contributed by atoms with Gasteiger partial charge in [-0.2, -0.15) is 11.8 Å². The van der Waals surface area contributed by atoms with Crippen LogP contribution >= 0.6 is 11.8 Å². The molecule has 0 atom stereocenters. The fourth-order valence-corrected chi connectivity index (χ4v) is 3.52. The third kappa shape index (κ3) is 6.59. The quantitative estimate of drug-likeness (QED) is 0.481. The van der Waals surface area contributed by atoms with E-state index >= 15 is 0 Å². The Hall–Kier alpha value is -1.40. The van der Waals surface area contributed by atoms with Gasteiger partial charge in [0, 0.05) is 36.5 Å². The summed E-state index contributed by atoms with van der Waals surface area (Å²) in [6.07, 6.45) is 4.15. The summed E-state index contributed by atoms with van der Waals surface area (Å²) in [6, 6.07) is 8.57. The molecule has 0 amide bonds. The van der Waals surface area contributed by atoms with Crippen LogP contribution in [0.4, 0.5) is 0 Å². The number of ether oxygens (including phenoxy) is 2. The van der Waals surface area contributed by atoms with Gasteiger partial charge in [-0.3, -0.25) is 4.99 Å². The molecular weight excluding hydrogens is 370 g/mol. The molecule has 1 aliphatic rings. The number of hydrogen-bond acceptors (Lipinski definition) is 4. The van der Waals surface area contributed by atoms with Crippen molar-refractivity contribution in [3.8, 4) is 5.75 Å². The minimum atomic E-state index is 0.0498. The monoisotopic (exact) mass is 407 g/mol.